The molecule has 0 fully saturated rings. The molecular formula is C19H21N3O3S. The summed E-state index contributed by atoms with van der Waals surface area (Å²) in [6.45, 7) is 2.07. The minimum absolute atomic E-state index is 0.141. The molecule has 26 heavy (non-hydrogen) atoms. The maximum absolute atomic E-state index is 12.5. The number of hydrogen-bond acceptors (Lipinski definition) is 3. The van der Waals surface area contributed by atoms with Gasteiger partial charge in [0.2, 0.25) is 10.0 Å². The largest absolute Gasteiger partial charge is 0.361 e. The van der Waals surface area contributed by atoms with Gasteiger partial charge in [0.25, 0.3) is 5.91 Å². The minimum Gasteiger partial charge on any atom is -0.361 e. The van der Waals surface area contributed by atoms with Crippen molar-refractivity contribution in [2.75, 3.05) is 14.1 Å². The van der Waals surface area contributed by atoms with Crippen molar-refractivity contribution >= 4 is 26.8 Å². The molecule has 0 spiro atoms. The zero-order chi connectivity index (χ0) is 18.9. The van der Waals surface area contributed by atoms with E-state index in [-0.39, 0.29) is 10.8 Å². The fourth-order valence-electron chi connectivity index (χ4n) is 2.77. The number of fused-ring (bicyclic) bond motifs is 1. The first kappa shape index (κ1) is 18.2. The van der Waals surface area contributed by atoms with E-state index < -0.39 is 10.0 Å². The van der Waals surface area contributed by atoms with Crippen molar-refractivity contribution in [3.63, 3.8) is 0 Å². The number of rotatable bonds is 5. The van der Waals surface area contributed by atoms with E-state index in [0.717, 1.165) is 20.8 Å². The highest BCUT2D eigenvalue weighted by molar-refractivity contribution is 7.89. The highest BCUT2D eigenvalue weighted by Gasteiger charge is 2.21. The van der Waals surface area contributed by atoms with Gasteiger partial charge in [-0.1, -0.05) is 24.3 Å². The van der Waals surface area contributed by atoms with Gasteiger partial charge in [-0.15, -0.1) is 0 Å². The van der Waals surface area contributed by atoms with Gasteiger partial charge in [0.05, 0.1) is 4.90 Å². The molecule has 0 radical (unpaired) electrons. The smallest absolute Gasteiger partial charge is 0.251 e. The fourth-order valence-corrected chi connectivity index (χ4v) is 3.92. The number of sulfonamides is 1. The molecular weight excluding hydrogens is 350 g/mol. The second kappa shape index (κ2) is 6.93. The van der Waals surface area contributed by atoms with Crippen LogP contribution in [0.4, 0.5) is 0 Å². The quantitative estimate of drug-likeness (QED) is 0.723. The third-order valence-electron chi connectivity index (χ3n) is 4.32. The lowest BCUT2D eigenvalue weighted by molar-refractivity contribution is 0.0951. The molecule has 0 atom stereocenters. The zero-order valence-corrected chi connectivity index (χ0v) is 15.7. The molecule has 1 heterocycles. The van der Waals surface area contributed by atoms with Gasteiger partial charge in [0.1, 0.15) is 0 Å². The molecule has 0 aliphatic heterocycles. The Morgan fingerprint density at radius 3 is 2.62 bits per heavy atom. The Kier molecular flexibility index (Phi) is 4.84. The number of nitrogens with zero attached hydrogens (tertiary/aromatic N) is 1. The summed E-state index contributed by atoms with van der Waals surface area (Å²) in [6.07, 6.45) is 1.86. The number of nitrogens with one attached hydrogen (secondary N) is 2. The minimum atomic E-state index is -3.60. The molecule has 2 aromatic carbocycles. The Hall–Kier alpha value is -2.64. The van der Waals surface area contributed by atoms with E-state index in [1.807, 2.05) is 30.5 Å². The van der Waals surface area contributed by atoms with Crippen LogP contribution < -0.4 is 5.32 Å². The molecule has 0 unspecified atom stereocenters. The van der Waals surface area contributed by atoms with E-state index in [4.69, 9.17) is 0 Å². The Balaban J connectivity index is 1.82. The number of hydrogen-bond donors (Lipinski definition) is 2. The predicted molar refractivity (Wildman–Crippen MR) is 102 cm³/mol. The second-order valence-electron chi connectivity index (χ2n) is 6.31. The average Bonchev–Trinajstić information content (AvgIpc) is 3.03. The second-order valence-corrected chi connectivity index (χ2v) is 8.43. The number of carbonyl (C=O) groups is 1. The predicted octanol–water partition coefficient (Wildman–Crippen LogP) is 2.66. The first-order valence-corrected chi connectivity index (χ1v) is 9.61. The highest BCUT2D eigenvalue weighted by atomic mass is 32.2. The van der Waals surface area contributed by atoms with Gasteiger partial charge in [0.15, 0.2) is 0 Å². The molecule has 3 rings (SSSR count). The van der Waals surface area contributed by atoms with Crippen LogP contribution in [0.5, 0.6) is 0 Å². The SMILES string of the molecule is Cc1ccc(C(=O)NCc2c[nH]c3ccccc23)cc1S(=O)(=O)N(C)C. The van der Waals surface area contributed by atoms with Crippen molar-refractivity contribution in [2.45, 2.75) is 18.4 Å². The van der Waals surface area contributed by atoms with Crippen LogP contribution in [-0.4, -0.2) is 37.7 Å². The molecule has 0 aliphatic carbocycles. The van der Waals surface area contributed by atoms with Gasteiger partial charge < -0.3 is 10.3 Å². The number of aryl methyl sites for hydroxylation is 1. The van der Waals surface area contributed by atoms with Gasteiger partial charge in [0, 0.05) is 43.3 Å². The third-order valence-corrected chi connectivity index (χ3v) is 6.28. The molecule has 3 aromatic rings. The number of aromatic amines is 1. The summed E-state index contributed by atoms with van der Waals surface area (Å²) in [7, 11) is -0.661. The van der Waals surface area contributed by atoms with Crippen LogP contribution in [0.25, 0.3) is 10.9 Å². The number of amides is 1. The summed E-state index contributed by atoms with van der Waals surface area (Å²) in [5.74, 6) is -0.314. The molecule has 0 saturated heterocycles. The van der Waals surface area contributed by atoms with Crippen LogP contribution in [0, 0.1) is 6.92 Å². The molecule has 0 saturated carbocycles. The number of H-pyrrole nitrogens is 1. The molecule has 1 aromatic heterocycles. The van der Waals surface area contributed by atoms with Crippen LogP contribution in [-0.2, 0) is 16.6 Å². The molecule has 6 nitrogen and oxygen atoms in total. The lowest BCUT2D eigenvalue weighted by atomic mass is 10.1. The van der Waals surface area contributed by atoms with Crippen LogP contribution in [0.2, 0.25) is 0 Å². The fraction of sp³-hybridized carbons (Fsp3) is 0.211. The van der Waals surface area contributed by atoms with E-state index in [0.29, 0.717) is 17.7 Å². The van der Waals surface area contributed by atoms with E-state index in [1.54, 1.807) is 19.1 Å². The summed E-state index contributed by atoms with van der Waals surface area (Å²) in [5, 5.41) is 3.90. The number of carbonyl (C=O) groups excluding carboxylic acids is 1. The van der Waals surface area contributed by atoms with E-state index in [9.17, 15) is 13.2 Å². The third kappa shape index (κ3) is 3.36. The Labute approximate surface area is 152 Å². The maximum atomic E-state index is 12.5. The number of benzene rings is 2. The van der Waals surface area contributed by atoms with Crippen LogP contribution in [0.15, 0.2) is 53.6 Å². The Morgan fingerprint density at radius 2 is 1.88 bits per heavy atom. The summed E-state index contributed by atoms with van der Waals surface area (Å²) < 4.78 is 26.0. The monoisotopic (exact) mass is 371 g/mol. The highest BCUT2D eigenvalue weighted by Crippen LogP contribution is 2.21. The molecule has 136 valence electrons. The van der Waals surface area contributed by atoms with Crippen LogP contribution >= 0.6 is 0 Å². The van der Waals surface area contributed by atoms with E-state index in [2.05, 4.69) is 10.3 Å². The van der Waals surface area contributed by atoms with Crippen LogP contribution in [0.3, 0.4) is 0 Å². The summed E-state index contributed by atoms with van der Waals surface area (Å²) in [6, 6.07) is 12.6. The average molecular weight is 371 g/mol. The van der Waals surface area contributed by atoms with Gasteiger partial charge in [-0.3, -0.25) is 4.79 Å². The molecule has 1 amide bonds. The Bertz CT molecular complexity index is 1070. The molecule has 2 N–H and O–H groups in total. The summed E-state index contributed by atoms with van der Waals surface area (Å²) in [4.78, 5) is 15.8. The van der Waals surface area contributed by atoms with Crippen LogP contribution in [0.1, 0.15) is 21.5 Å². The van der Waals surface area contributed by atoms with Crippen molar-refractivity contribution in [2.24, 2.45) is 0 Å². The van der Waals surface area contributed by atoms with Gasteiger partial charge in [-0.2, -0.15) is 0 Å². The van der Waals surface area contributed by atoms with Gasteiger partial charge >= 0.3 is 0 Å². The lowest BCUT2D eigenvalue weighted by Crippen LogP contribution is -2.25. The molecule has 7 heteroatoms. The standard InChI is InChI=1S/C19H21N3O3S/c1-13-8-9-14(10-18(13)26(24,25)22(2)3)19(23)21-12-15-11-20-17-7-5-4-6-16(15)17/h4-11,20H,12H2,1-3H3,(H,21,23). The van der Waals surface area contributed by atoms with Crippen molar-refractivity contribution in [1.29, 1.82) is 0 Å². The topological polar surface area (TPSA) is 82.3 Å². The first-order chi connectivity index (χ1) is 12.3. The summed E-state index contributed by atoms with van der Waals surface area (Å²) in [5.41, 5.74) is 2.90. The Morgan fingerprint density at radius 1 is 1.15 bits per heavy atom. The van der Waals surface area contributed by atoms with Crippen molar-refractivity contribution < 1.29 is 13.2 Å². The van der Waals surface area contributed by atoms with Gasteiger partial charge in [-0.05, 0) is 36.2 Å². The number of aromatic nitrogens is 1. The lowest BCUT2D eigenvalue weighted by Gasteiger charge is -2.14. The van der Waals surface area contributed by atoms with Crippen molar-refractivity contribution in [3.8, 4) is 0 Å². The normalized spacial score (nSPS) is 11.8. The van der Waals surface area contributed by atoms with E-state index >= 15 is 0 Å². The molecule has 0 bridgehead atoms. The van der Waals surface area contributed by atoms with Crippen molar-refractivity contribution in [1.82, 2.24) is 14.6 Å². The van der Waals surface area contributed by atoms with Crippen molar-refractivity contribution in [3.05, 3.63) is 65.4 Å². The maximum Gasteiger partial charge on any atom is 0.251 e. The zero-order valence-electron chi connectivity index (χ0n) is 14.9. The molecule has 0 aliphatic rings. The summed E-state index contributed by atoms with van der Waals surface area (Å²) >= 11 is 0. The number of para-hydroxylation sites is 1. The van der Waals surface area contributed by atoms with E-state index in [1.165, 1.54) is 20.2 Å². The van der Waals surface area contributed by atoms with Gasteiger partial charge in [-0.25, -0.2) is 12.7 Å². The first-order valence-electron chi connectivity index (χ1n) is 8.17.